The molecule has 0 bridgehead atoms. The van der Waals surface area contributed by atoms with Crippen molar-refractivity contribution in [3.05, 3.63) is 84.0 Å². The maximum atomic E-state index is 13.9. The quantitative estimate of drug-likeness (QED) is 0.258. The number of fused-ring (bicyclic) bond motifs is 1. The molecule has 0 aliphatic heterocycles. The zero-order valence-electron chi connectivity index (χ0n) is 17.8. The van der Waals surface area contributed by atoms with Crippen LogP contribution in [0.2, 0.25) is 0 Å². The number of carbonyl (C=O) groups is 2. The monoisotopic (exact) mass is 444 g/mol. The minimum absolute atomic E-state index is 0.0292. The molecule has 0 atom stereocenters. The molecule has 4 aromatic rings. The first kappa shape index (κ1) is 22.0. The number of hydrogen-bond donors (Lipinski definition) is 0. The zero-order chi connectivity index (χ0) is 23.2. The van der Waals surface area contributed by atoms with E-state index in [1.807, 2.05) is 28.8 Å². The third-order valence-electron chi connectivity index (χ3n) is 5.29. The fourth-order valence-electron chi connectivity index (χ4n) is 3.66. The van der Waals surface area contributed by atoms with E-state index in [0.717, 1.165) is 10.9 Å². The summed E-state index contributed by atoms with van der Waals surface area (Å²) in [6.45, 7) is 0.103. The van der Waals surface area contributed by atoms with Crippen LogP contribution in [0.25, 0.3) is 22.2 Å². The van der Waals surface area contributed by atoms with Crippen LogP contribution >= 0.6 is 0 Å². The number of rotatable bonds is 9. The van der Waals surface area contributed by atoms with Crippen molar-refractivity contribution in [1.82, 2.24) is 4.57 Å². The lowest BCUT2D eigenvalue weighted by Gasteiger charge is -2.03. The number of carbonyl (C=O) groups excluding carboxylic acids is 2. The van der Waals surface area contributed by atoms with Crippen LogP contribution in [0.4, 0.5) is 4.39 Å². The zero-order valence-corrected chi connectivity index (χ0v) is 17.8. The number of hydrogen-bond acceptors (Lipinski definition) is 5. The van der Waals surface area contributed by atoms with E-state index in [-0.39, 0.29) is 31.0 Å². The molecule has 7 heteroatoms. The maximum Gasteiger partial charge on any atom is 0.306 e. The van der Waals surface area contributed by atoms with Crippen molar-refractivity contribution in [2.45, 2.75) is 25.8 Å². The summed E-state index contributed by atoms with van der Waals surface area (Å²) in [6, 6.07) is 19.2. The number of para-hydroxylation sites is 1. The second-order valence-electron chi connectivity index (χ2n) is 7.49. The summed E-state index contributed by atoms with van der Waals surface area (Å²) in [5, 5.41) is 9.61. The van der Waals surface area contributed by atoms with Gasteiger partial charge < -0.3 is 13.7 Å². The van der Waals surface area contributed by atoms with Crippen molar-refractivity contribution in [2.75, 3.05) is 6.61 Å². The van der Waals surface area contributed by atoms with Gasteiger partial charge in [0.05, 0.1) is 24.5 Å². The molecular formula is C26H21FN2O4. The predicted molar refractivity (Wildman–Crippen MR) is 120 cm³/mol. The van der Waals surface area contributed by atoms with Gasteiger partial charge in [0.15, 0.2) is 6.61 Å². The smallest absolute Gasteiger partial charge is 0.306 e. The van der Waals surface area contributed by atoms with Gasteiger partial charge in [-0.25, -0.2) is 4.39 Å². The molecule has 0 saturated heterocycles. The normalized spacial score (nSPS) is 10.8. The number of aryl methyl sites for hydroxylation is 2. The van der Waals surface area contributed by atoms with Crippen molar-refractivity contribution < 1.29 is 23.1 Å². The van der Waals surface area contributed by atoms with Crippen molar-refractivity contribution in [2.24, 2.45) is 0 Å². The molecule has 0 amide bonds. The summed E-state index contributed by atoms with van der Waals surface area (Å²) in [4.78, 5) is 24.9. The summed E-state index contributed by atoms with van der Waals surface area (Å²) < 4.78 is 26.6. The third-order valence-corrected chi connectivity index (χ3v) is 5.29. The fraction of sp³-hybridized carbons (Fsp3) is 0.192. The number of nitrogens with zero attached hydrogens (tertiary/aromatic N) is 2. The van der Waals surface area contributed by atoms with Gasteiger partial charge in [-0.1, -0.05) is 30.3 Å². The first-order valence-corrected chi connectivity index (χ1v) is 10.5. The lowest BCUT2D eigenvalue weighted by molar-refractivity contribution is -0.142. The Labute approximate surface area is 189 Å². The van der Waals surface area contributed by atoms with Crippen LogP contribution in [0.5, 0.6) is 0 Å². The second-order valence-corrected chi connectivity index (χ2v) is 7.49. The van der Waals surface area contributed by atoms with Crippen LogP contribution in [0.1, 0.15) is 29.0 Å². The van der Waals surface area contributed by atoms with E-state index in [4.69, 9.17) is 14.4 Å². The lowest BCUT2D eigenvalue weighted by Crippen LogP contribution is -2.14. The van der Waals surface area contributed by atoms with Crippen molar-refractivity contribution in [3.63, 3.8) is 0 Å². The van der Waals surface area contributed by atoms with Gasteiger partial charge in [0.2, 0.25) is 5.78 Å². The average Bonchev–Trinajstić information content (AvgIpc) is 3.45. The number of ketones is 1. The van der Waals surface area contributed by atoms with Gasteiger partial charge in [-0.3, -0.25) is 9.59 Å². The van der Waals surface area contributed by atoms with Crippen molar-refractivity contribution in [1.29, 1.82) is 5.26 Å². The first-order valence-electron chi connectivity index (χ1n) is 10.5. The molecular weight excluding hydrogens is 423 g/mol. The molecule has 0 fully saturated rings. The number of halogens is 1. The highest BCUT2D eigenvalue weighted by Crippen LogP contribution is 2.25. The van der Waals surface area contributed by atoms with Crippen molar-refractivity contribution in [3.8, 4) is 17.4 Å². The van der Waals surface area contributed by atoms with E-state index in [0.29, 0.717) is 35.6 Å². The fourth-order valence-corrected chi connectivity index (χ4v) is 3.66. The molecule has 0 unspecified atom stereocenters. The second kappa shape index (κ2) is 9.96. The number of aromatic nitrogens is 1. The van der Waals surface area contributed by atoms with E-state index < -0.39 is 5.97 Å². The molecule has 33 heavy (non-hydrogen) atoms. The van der Waals surface area contributed by atoms with E-state index in [2.05, 4.69) is 6.07 Å². The first-order chi connectivity index (χ1) is 16.1. The minimum atomic E-state index is -0.527. The highest BCUT2D eigenvalue weighted by atomic mass is 19.1. The molecule has 0 N–H and O–H groups in total. The van der Waals surface area contributed by atoms with Gasteiger partial charge in [-0.05, 0) is 30.3 Å². The molecule has 0 saturated carbocycles. The van der Waals surface area contributed by atoms with Gasteiger partial charge in [0.1, 0.15) is 17.3 Å². The third kappa shape index (κ3) is 5.01. The molecule has 0 radical (unpaired) electrons. The summed E-state index contributed by atoms with van der Waals surface area (Å²) in [5.41, 5.74) is 1.66. The molecule has 4 rings (SSSR count). The Morgan fingerprint density at radius 3 is 2.67 bits per heavy atom. The summed E-state index contributed by atoms with van der Waals surface area (Å²) in [7, 11) is 0. The van der Waals surface area contributed by atoms with Gasteiger partial charge in [-0.2, -0.15) is 5.26 Å². The van der Waals surface area contributed by atoms with Gasteiger partial charge in [-0.15, -0.1) is 0 Å². The number of ether oxygens (including phenoxy) is 1. The Hall–Kier alpha value is -4.18. The van der Waals surface area contributed by atoms with Crippen LogP contribution < -0.4 is 0 Å². The van der Waals surface area contributed by atoms with Crippen LogP contribution in [0.3, 0.4) is 0 Å². The highest BCUT2D eigenvalue weighted by Gasteiger charge is 2.17. The summed E-state index contributed by atoms with van der Waals surface area (Å²) in [5.74, 6) is -0.308. The molecule has 166 valence electrons. The predicted octanol–water partition coefficient (Wildman–Crippen LogP) is 5.31. The van der Waals surface area contributed by atoms with Crippen LogP contribution in [-0.4, -0.2) is 22.9 Å². The van der Waals surface area contributed by atoms with E-state index in [1.54, 1.807) is 36.5 Å². The van der Waals surface area contributed by atoms with Crippen LogP contribution in [0, 0.1) is 17.1 Å². The molecule has 6 nitrogen and oxygen atoms in total. The molecule has 0 aliphatic rings. The molecule has 2 aromatic heterocycles. The number of benzene rings is 2. The average molecular weight is 444 g/mol. The van der Waals surface area contributed by atoms with E-state index in [1.165, 1.54) is 6.07 Å². The number of furan rings is 1. The molecule has 2 aromatic carbocycles. The molecule has 0 aliphatic carbocycles. The Morgan fingerprint density at radius 1 is 1.06 bits per heavy atom. The van der Waals surface area contributed by atoms with Gasteiger partial charge in [0, 0.05) is 35.6 Å². The Bertz CT molecular complexity index is 1350. The van der Waals surface area contributed by atoms with Gasteiger partial charge >= 0.3 is 5.97 Å². The SMILES string of the molecule is N#CCCn1cc(C(=O)COC(=O)CCc2ccc(-c3ccccc3F)o2)c2ccccc21. The Kier molecular flexibility index (Phi) is 6.65. The summed E-state index contributed by atoms with van der Waals surface area (Å²) >= 11 is 0. The van der Waals surface area contributed by atoms with E-state index >= 15 is 0 Å². The highest BCUT2D eigenvalue weighted by molar-refractivity contribution is 6.09. The standard InChI is InChI=1S/C26H21FN2O4/c27-22-8-3-1-7-20(22)25-12-10-18(33-25)11-13-26(31)32-17-24(30)21-16-29(15-5-14-28)23-9-4-2-6-19(21)23/h1-4,6-10,12,16H,5,11,13,15,17H2. The Balaban J connectivity index is 1.34. The number of esters is 1. The summed E-state index contributed by atoms with van der Waals surface area (Å²) in [6.07, 6.45) is 2.33. The minimum Gasteiger partial charge on any atom is -0.461 e. The van der Waals surface area contributed by atoms with Crippen LogP contribution in [0.15, 0.2) is 71.3 Å². The Morgan fingerprint density at radius 2 is 1.85 bits per heavy atom. The van der Waals surface area contributed by atoms with Crippen molar-refractivity contribution >= 4 is 22.7 Å². The largest absolute Gasteiger partial charge is 0.461 e. The molecule has 2 heterocycles. The lowest BCUT2D eigenvalue weighted by atomic mass is 10.1. The topological polar surface area (TPSA) is 85.2 Å². The van der Waals surface area contributed by atoms with E-state index in [9.17, 15) is 14.0 Å². The maximum absolute atomic E-state index is 13.9. The van der Waals surface area contributed by atoms with Crippen LogP contribution in [-0.2, 0) is 22.5 Å². The van der Waals surface area contributed by atoms with Gasteiger partial charge in [0.25, 0.3) is 0 Å². The number of Topliss-reactive ketones (excluding diaryl/α,β-unsaturated/α-hetero) is 1. The number of nitriles is 1. The molecule has 0 spiro atoms.